The van der Waals surface area contributed by atoms with Crippen LogP contribution in [0.3, 0.4) is 0 Å². The van der Waals surface area contributed by atoms with Crippen molar-refractivity contribution in [2.24, 2.45) is 5.92 Å². The number of carbonyl (C=O) groups is 2. The molecule has 1 aromatic carbocycles. The van der Waals surface area contributed by atoms with E-state index in [1.165, 1.54) is 0 Å². The number of benzene rings is 1. The summed E-state index contributed by atoms with van der Waals surface area (Å²) in [6.07, 6.45) is 2.75. The summed E-state index contributed by atoms with van der Waals surface area (Å²) < 4.78 is 5.30. The third kappa shape index (κ3) is 2.65. The SMILES string of the molecule is O=Cc1cccc(OCC(=O)C2CC2)c1. The summed E-state index contributed by atoms with van der Waals surface area (Å²) in [5.74, 6) is 0.958. The van der Waals surface area contributed by atoms with Crippen LogP contribution in [0.1, 0.15) is 23.2 Å². The minimum atomic E-state index is 0.118. The molecule has 0 spiro atoms. The molecule has 0 radical (unpaired) electrons. The molecule has 1 saturated carbocycles. The van der Waals surface area contributed by atoms with Gasteiger partial charge in [0, 0.05) is 11.5 Å². The molecule has 0 N–H and O–H groups in total. The molecule has 0 heterocycles. The molecule has 15 heavy (non-hydrogen) atoms. The molecule has 0 amide bonds. The first-order valence-corrected chi connectivity index (χ1v) is 5.00. The van der Waals surface area contributed by atoms with E-state index < -0.39 is 0 Å². The van der Waals surface area contributed by atoms with Gasteiger partial charge in [-0.25, -0.2) is 0 Å². The molecule has 3 heteroatoms. The van der Waals surface area contributed by atoms with E-state index in [2.05, 4.69) is 0 Å². The molecular weight excluding hydrogens is 192 g/mol. The van der Waals surface area contributed by atoms with Crippen LogP contribution in [0, 0.1) is 5.92 Å². The number of ether oxygens (including phenoxy) is 1. The molecule has 78 valence electrons. The van der Waals surface area contributed by atoms with Gasteiger partial charge in [0.15, 0.2) is 5.78 Å². The zero-order chi connectivity index (χ0) is 10.7. The number of hydrogen-bond donors (Lipinski definition) is 0. The maximum atomic E-state index is 11.3. The van der Waals surface area contributed by atoms with Gasteiger partial charge >= 0.3 is 0 Å². The zero-order valence-electron chi connectivity index (χ0n) is 8.31. The normalized spacial score (nSPS) is 14.7. The van der Waals surface area contributed by atoms with Gasteiger partial charge in [0.05, 0.1) is 0 Å². The van der Waals surface area contributed by atoms with E-state index in [0.29, 0.717) is 11.3 Å². The number of ketones is 1. The van der Waals surface area contributed by atoms with E-state index in [-0.39, 0.29) is 18.3 Å². The largest absolute Gasteiger partial charge is 0.486 e. The van der Waals surface area contributed by atoms with Crippen molar-refractivity contribution < 1.29 is 14.3 Å². The van der Waals surface area contributed by atoms with Crippen molar-refractivity contribution in [2.75, 3.05) is 6.61 Å². The fourth-order valence-corrected chi connectivity index (χ4v) is 1.36. The average Bonchev–Trinajstić information content (AvgIpc) is 3.10. The molecule has 1 fully saturated rings. The third-order valence-corrected chi connectivity index (χ3v) is 2.41. The van der Waals surface area contributed by atoms with Crippen LogP contribution in [0.15, 0.2) is 24.3 Å². The van der Waals surface area contributed by atoms with Gasteiger partial charge in [-0.05, 0) is 25.0 Å². The van der Waals surface area contributed by atoms with Gasteiger partial charge in [0.2, 0.25) is 0 Å². The number of carbonyl (C=O) groups excluding carboxylic acids is 2. The van der Waals surface area contributed by atoms with Crippen molar-refractivity contribution in [3.8, 4) is 5.75 Å². The van der Waals surface area contributed by atoms with Crippen molar-refractivity contribution in [1.29, 1.82) is 0 Å². The quantitative estimate of drug-likeness (QED) is 0.687. The van der Waals surface area contributed by atoms with Crippen molar-refractivity contribution in [3.63, 3.8) is 0 Å². The van der Waals surface area contributed by atoms with Crippen LogP contribution in [0.2, 0.25) is 0 Å². The van der Waals surface area contributed by atoms with Gasteiger partial charge in [0.25, 0.3) is 0 Å². The summed E-state index contributed by atoms with van der Waals surface area (Å²) in [6, 6.07) is 6.81. The van der Waals surface area contributed by atoms with Gasteiger partial charge in [-0.2, -0.15) is 0 Å². The lowest BCUT2D eigenvalue weighted by Gasteiger charge is -2.04. The van der Waals surface area contributed by atoms with Crippen molar-refractivity contribution in [1.82, 2.24) is 0 Å². The Hall–Kier alpha value is -1.64. The first-order valence-electron chi connectivity index (χ1n) is 5.00. The topological polar surface area (TPSA) is 43.4 Å². The molecule has 1 aliphatic carbocycles. The molecule has 1 aromatic rings. The van der Waals surface area contributed by atoms with Crippen LogP contribution in [-0.4, -0.2) is 18.7 Å². The predicted octanol–water partition coefficient (Wildman–Crippen LogP) is 1.86. The Bertz CT molecular complexity index is 380. The molecular formula is C12H12O3. The summed E-state index contributed by atoms with van der Waals surface area (Å²) in [5, 5.41) is 0. The van der Waals surface area contributed by atoms with E-state index in [1.54, 1.807) is 24.3 Å². The second-order valence-corrected chi connectivity index (χ2v) is 3.72. The molecule has 3 nitrogen and oxygen atoms in total. The fraction of sp³-hybridized carbons (Fsp3) is 0.333. The highest BCUT2D eigenvalue weighted by atomic mass is 16.5. The minimum absolute atomic E-state index is 0.118. The number of hydrogen-bond acceptors (Lipinski definition) is 3. The summed E-state index contributed by atoms with van der Waals surface area (Å²) in [6.45, 7) is 0.118. The fourth-order valence-electron chi connectivity index (χ4n) is 1.36. The van der Waals surface area contributed by atoms with Gasteiger partial charge in [-0.3, -0.25) is 9.59 Å². The van der Waals surface area contributed by atoms with Crippen LogP contribution in [0.5, 0.6) is 5.75 Å². The number of aldehydes is 1. The Morgan fingerprint density at radius 1 is 1.47 bits per heavy atom. The maximum Gasteiger partial charge on any atom is 0.173 e. The highest BCUT2D eigenvalue weighted by Crippen LogP contribution is 2.29. The third-order valence-electron chi connectivity index (χ3n) is 2.41. The Morgan fingerprint density at radius 3 is 2.93 bits per heavy atom. The highest BCUT2D eigenvalue weighted by Gasteiger charge is 2.29. The molecule has 2 rings (SSSR count). The Kier molecular flexibility index (Phi) is 2.81. The van der Waals surface area contributed by atoms with Crippen LogP contribution < -0.4 is 4.74 Å². The average molecular weight is 204 g/mol. The van der Waals surface area contributed by atoms with E-state index in [0.717, 1.165) is 19.1 Å². The van der Waals surface area contributed by atoms with Gasteiger partial charge in [0.1, 0.15) is 18.6 Å². The maximum absolute atomic E-state index is 11.3. The Balaban J connectivity index is 1.91. The van der Waals surface area contributed by atoms with Crippen molar-refractivity contribution >= 4 is 12.1 Å². The van der Waals surface area contributed by atoms with Gasteiger partial charge in [-0.1, -0.05) is 12.1 Å². The van der Waals surface area contributed by atoms with Crippen molar-refractivity contribution in [2.45, 2.75) is 12.8 Å². The van der Waals surface area contributed by atoms with Crippen LogP contribution >= 0.6 is 0 Å². The number of Topliss-reactive ketones (excluding diaryl/α,β-unsaturated/α-hetero) is 1. The summed E-state index contributed by atoms with van der Waals surface area (Å²) in [7, 11) is 0. The molecule has 0 atom stereocenters. The van der Waals surface area contributed by atoms with Crippen molar-refractivity contribution in [3.05, 3.63) is 29.8 Å². The van der Waals surface area contributed by atoms with Gasteiger partial charge < -0.3 is 4.74 Å². The molecule has 0 aromatic heterocycles. The smallest absolute Gasteiger partial charge is 0.173 e. The van der Waals surface area contributed by atoms with Crippen LogP contribution in [0.4, 0.5) is 0 Å². The Morgan fingerprint density at radius 2 is 2.27 bits per heavy atom. The monoisotopic (exact) mass is 204 g/mol. The lowest BCUT2D eigenvalue weighted by atomic mass is 10.2. The van der Waals surface area contributed by atoms with E-state index in [4.69, 9.17) is 4.74 Å². The second kappa shape index (κ2) is 4.26. The summed E-state index contributed by atoms with van der Waals surface area (Å²) in [4.78, 5) is 21.8. The summed E-state index contributed by atoms with van der Waals surface area (Å²) in [5.41, 5.74) is 0.561. The molecule has 0 bridgehead atoms. The standard InChI is InChI=1S/C12H12O3/c13-7-9-2-1-3-11(6-9)15-8-12(14)10-4-5-10/h1-3,6-7,10H,4-5,8H2. The molecule has 0 unspecified atom stereocenters. The van der Waals surface area contributed by atoms with Crippen LogP contribution in [0.25, 0.3) is 0 Å². The van der Waals surface area contributed by atoms with E-state index in [1.807, 2.05) is 0 Å². The molecule has 1 aliphatic rings. The van der Waals surface area contributed by atoms with E-state index >= 15 is 0 Å². The molecule has 0 aliphatic heterocycles. The van der Waals surface area contributed by atoms with Crippen LogP contribution in [-0.2, 0) is 4.79 Å². The minimum Gasteiger partial charge on any atom is -0.486 e. The first kappa shape index (κ1) is 9.90. The van der Waals surface area contributed by atoms with Gasteiger partial charge in [-0.15, -0.1) is 0 Å². The first-order chi connectivity index (χ1) is 7.29. The number of rotatable bonds is 5. The predicted molar refractivity (Wildman–Crippen MR) is 55.1 cm³/mol. The lowest BCUT2D eigenvalue weighted by molar-refractivity contribution is -0.122. The highest BCUT2D eigenvalue weighted by molar-refractivity contribution is 5.84. The lowest BCUT2D eigenvalue weighted by Crippen LogP contribution is -2.12. The Labute approximate surface area is 88.1 Å². The second-order valence-electron chi connectivity index (χ2n) is 3.72. The van der Waals surface area contributed by atoms with E-state index in [9.17, 15) is 9.59 Å². The summed E-state index contributed by atoms with van der Waals surface area (Å²) >= 11 is 0. The zero-order valence-corrected chi connectivity index (χ0v) is 8.31. The molecule has 0 saturated heterocycles.